The summed E-state index contributed by atoms with van der Waals surface area (Å²) < 4.78 is 0. The largest absolute Gasteiger partial charge is 0.288 e. The Balaban J connectivity index is 2.78. The lowest BCUT2D eigenvalue weighted by atomic mass is 10.0. The molecule has 0 bridgehead atoms. The van der Waals surface area contributed by atoms with Gasteiger partial charge in [-0.2, -0.15) is 0 Å². The van der Waals surface area contributed by atoms with Crippen molar-refractivity contribution >= 4 is 21.5 Å². The molecular weight excluding hydrogens is 238 g/mol. The van der Waals surface area contributed by atoms with E-state index < -0.39 is 0 Å². The van der Waals surface area contributed by atoms with Gasteiger partial charge >= 0.3 is 0 Å². The summed E-state index contributed by atoms with van der Waals surface area (Å²) in [6.45, 7) is 3.95. The Hall–Kier alpha value is -2.42. The number of rotatable bonds is 0. The van der Waals surface area contributed by atoms with E-state index in [0.717, 1.165) is 21.9 Å². The molecule has 0 aliphatic rings. The van der Waals surface area contributed by atoms with Crippen molar-refractivity contribution in [2.75, 3.05) is 0 Å². The molecule has 3 rings (SSSR count). The molecule has 19 heavy (non-hydrogen) atoms. The molecule has 1 heterocycles. The predicted octanol–water partition coefficient (Wildman–Crippen LogP) is 2.66. The number of fused-ring (bicyclic) bond motifs is 3. The van der Waals surface area contributed by atoms with Crippen molar-refractivity contribution in [3.63, 3.8) is 0 Å². The first-order valence-electron chi connectivity index (χ1n) is 6.13. The smallest absolute Gasteiger partial charge is 0.258 e. The highest BCUT2D eigenvalue weighted by atomic mass is 16.2. The van der Waals surface area contributed by atoms with Gasteiger partial charge in [-0.05, 0) is 36.8 Å². The van der Waals surface area contributed by atoms with E-state index in [1.54, 1.807) is 12.1 Å². The van der Waals surface area contributed by atoms with E-state index in [4.69, 9.17) is 0 Å². The molecular formula is C16H13NO2. The van der Waals surface area contributed by atoms with Gasteiger partial charge in [0.1, 0.15) is 0 Å². The topological polar surface area (TPSA) is 49.9 Å². The lowest BCUT2D eigenvalue weighted by Gasteiger charge is -2.00. The Bertz CT molecular complexity index is 848. The van der Waals surface area contributed by atoms with Gasteiger partial charge in [0.2, 0.25) is 0 Å². The second kappa shape index (κ2) is 4.05. The molecule has 0 amide bonds. The summed E-state index contributed by atoms with van der Waals surface area (Å²) in [6.07, 6.45) is 0. The zero-order valence-corrected chi connectivity index (χ0v) is 10.8. The monoisotopic (exact) mass is 251 g/mol. The molecule has 1 N–H and O–H groups in total. The van der Waals surface area contributed by atoms with Crippen molar-refractivity contribution in [3.8, 4) is 0 Å². The van der Waals surface area contributed by atoms with E-state index in [2.05, 4.69) is 4.98 Å². The van der Waals surface area contributed by atoms with Crippen molar-refractivity contribution in [1.82, 2.24) is 4.98 Å². The summed E-state index contributed by atoms with van der Waals surface area (Å²) >= 11 is 0. The van der Waals surface area contributed by atoms with Gasteiger partial charge in [-0.15, -0.1) is 0 Å². The van der Waals surface area contributed by atoms with Gasteiger partial charge in [-0.25, -0.2) is 0 Å². The minimum Gasteiger partial charge on any atom is -0.288 e. The highest BCUT2D eigenvalue weighted by Crippen LogP contribution is 2.21. The molecule has 0 saturated carbocycles. The Labute approximate surface area is 109 Å². The van der Waals surface area contributed by atoms with Crippen LogP contribution in [0.1, 0.15) is 11.1 Å². The van der Waals surface area contributed by atoms with Crippen LogP contribution in [-0.2, 0) is 0 Å². The van der Waals surface area contributed by atoms with Crippen LogP contribution in [0.15, 0.2) is 46.0 Å². The third-order valence-electron chi connectivity index (χ3n) is 3.36. The predicted molar refractivity (Wildman–Crippen MR) is 77.8 cm³/mol. The molecule has 0 radical (unpaired) electrons. The molecule has 2 aromatic carbocycles. The molecule has 0 aliphatic carbocycles. The summed E-state index contributed by atoms with van der Waals surface area (Å²) in [5.41, 5.74) is 1.45. The van der Waals surface area contributed by atoms with Crippen LogP contribution in [0.3, 0.4) is 0 Å². The number of aryl methyl sites for hydroxylation is 2. The van der Waals surface area contributed by atoms with Gasteiger partial charge in [0.25, 0.3) is 11.1 Å². The number of H-pyrrole nitrogens is 1. The maximum atomic E-state index is 12.0. The number of hydrogen-bond acceptors (Lipinski definition) is 2. The van der Waals surface area contributed by atoms with Crippen LogP contribution >= 0.6 is 0 Å². The standard InChI is InChI=1S/C16H13NO2/c1-9-3-5-11-13(7-9)14-8-10(2)4-6-12(14)16(19)17-15(11)18/h3-8H,1-2H3,(H,17,18,19). The van der Waals surface area contributed by atoms with Crippen molar-refractivity contribution < 1.29 is 0 Å². The Morgan fingerprint density at radius 2 is 1.11 bits per heavy atom. The first-order chi connectivity index (χ1) is 9.06. The van der Waals surface area contributed by atoms with Crippen molar-refractivity contribution in [3.05, 3.63) is 68.2 Å². The van der Waals surface area contributed by atoms with Gasteiger partial charge in [0, 0.05) is 10.8 Å². The molecule has 0 atom stereocenters. The van der Waals surface area contributed by atoms with Crippen LogP contribution in [-0.4, -0.2) is 4.98 Å². The molecule has 0 unspecified atom stereocenters. The number of aromatic nitrogens is 1. The van der Waals surface area contributed by atoms with Gasteiger partial charge in [0.05, 0.1) is 0 Å². The summed E-state index contributed by atoms with van der Waals surface area (Å²) in [7, 11) is 0. The highest BCUT2D eigenvalue weighted by molar-refractivity contribution is 6.05. The maximum absolute atomic E-state index is 12.0. The zero-order valence-electron chi connectivity index (χ0n) is 10.8. The molecule has 0 spiro atoms. The lowest BCUT2D eigenvalue weighted by Crippen LogP contribution is -2.13. The highest BCUT2D eigenvalue weighted by Gasteiger charge is 2.06. The minimum atomic E-state index is -0.339. The van der Waals surface area contributed by atoms with Crippen LogP contribution in [0, 0.1) is 13.8 Å². The van der Waals surface area contributed by atoms with Crippen LogP contribution in [0.25, 0.3) is 21.5 Å². The van der Waals surface area contributed by atoms with Gasteiger partial charge in [-0.1, -0.05) is 35.4 Å². The second-order valence-corrected chi connectivity index (χ2v) is 4.88. The fourth-order valence-corrected chi connectivity index (χ4v) is 2.40. The van der Waals surface area contributed by atoms with E-state index >= 15 is 0 Å². The normalized spacial score (nSPS) is 11.1. The summed E-state index contributed by atoms with van der Waals surface area (Å²) in [5.74, 6) is 0. The van der Waals surface area contributed by atoms with Crippen molar-refractivity contribution in [1.29, 1.82) is 0 Å². The summed E-state index contributed by atoms with van der Waals surface area (Å²) in [4.78, 5) is 26.5. The molecule has 3 aromatic rings. The number of hydrogen-bond donors (Lipinski definition) is 1. The average Bonchev–Trinajstić information content (AvgIpc) is 2.46. The molecule has 3 heteroatoms. The van der Waals surface area contributed by atoms with E-state index in [0.29, 0.717) is 10.8 Å². The minimum absolute atomic E-state index is 0.339. The third kappa shape index (κ3) is 1.83. The van der Waals surface area contributed by atoms with E-state index in [-0.39, 0.29) is 11.1 Å². The van der Waals surface area contributed by atoms with Gasteiger partial charge < -0.3 is 0 Å². The van der Waals surface area contributed by atoms with E-state index in [1.165, 1.54) is 0 Å². The third-order valence-corrected chi connectivity index (χ3v) is 3.36. The van der Waals surface area contributed by atoms with Gasteiger partial charge in [0.15, 0.2) is 0 Å². The quantitative estimate of drug-likeness (QED) is 0.667. The Morgan fingerprint density at radius 1 is 0.684 bits per heavy atom. The maximum Gasteiger partial charge on any atom is 0.258 e. The fourth-order valence-electron chi connectivity index (χ4n) is 2.40. The van der Waals surface area contributed by atoms with Crippen LogP contribution in [0.4, 0.5) is 0 Å². The Morgan fingerprint density at radius 3 is 1.53 bits per heavy atom. The van der Waals surface area contributed by atoms with Gasteiger partial charge in [-0.3, -0.25) is 14.6 Å². The van der Waals surface area contributed by atoms with Crippen molar-refractivity contribution in [2.24, 2.45) is 0 Å². The van der Waals surface area contributed by atoms with Crippen LogP contribution in [0.5, 0.6) is 0 Å². The zero-order chi connectivity index (χ0) is 13.6. The van der Waals surface area contributed by atoms with E-state index in [1.807, 2.05) is 38.1 Å². The van der Waals surface area contributed by atoms with Crippen LogP contribution in [0.2, 0.25) is 0 Å². The van der Waals surface area contributed by atoms with Crippen molar-refractivity contribution in [2.45, 2.75) is 13.8 Å². The Kier molecular flexibility index (Phi) is 2.49. The first-order valence-corrected chi connectivity index (χ1v) is 6.13. The second-order valence-electron chi connectivity index (χ2n) is 4.88. The first kappa shape index (κ1) is 11.7. The SMILES string of the molecule is Cc1ccc2c(=O)[nH]c(=O)c3ccc(C)cc3c2c1. The number of aromatic amines is 1. The fraction of sp³-hybridized carbons (Fsp3) is 0.125. The number of nitrogens with one attached hydrogen (secondary N) is 1. The molecule has 94 valence electrons. The lowest BCUT2D eigenvalue weighted by molar-refractivity contribution is 1.23. The molecule has 1 aromatic heterocycles. The van der Waals surface area contributed by atoms with E-state index in [9.17, 15) is 9.59 Å². The summed E-state index contributed by atoms with van der Waals surface area (Å²) in [5, 5.41) is 2.73. The molecule has 0 fully saturated rings. The number of benzene rings is 2. The molecule has 0 saturated heterocycles. The van der Waals surface area contributed by atoms with Crippen LogP contribution < -0.4 is 11.1 Å². The summed E-state index contributed by atoms with van der Waals surface area (Å²) in [6, 6.07) is 11.2. The average molecular weight is 251 g/mol. The molecule has 0 aliphatic heterocycles. The molecule has 3 nitrogen and oxygen atoms in total.